The number of aromatic nitrogens is 2. The molecule has 0 aliphatic heterocycles. The molecular weight excluding hydrogens is 310 g/mol. The molecule has 0 aliphatic carbocycles. The van der Waals surface area contributed by atoms with Gasteiger partial charge in [-0.15, -0.1) is 0 Å². The second-order valence-electron chi connectivity index (χ2n) is 5.22. The van der Waals surface area contributed by atoms with Crippen molar-refractivity contribution in [1.82, 2.24) is 15.1 Å². The highest BCUT2D eigenvalue weighted by molar-refractivity contribution is 5.98. The van der Waals surface area contributed by atoms with Crippen LogP contribution in [0.25, 0.3) is 0 Å². The number of nitrogens with one attached hydrogen (secondary N) is 2. The first-order valence-corrected chi connectivity index (χ1v) is 7.49. The minimum atomic E-state index is -0.628. The van der Waals surface area contributed by atoms with Crippen LogP contribution in [0, 0.1) is 0 Å². The number of carbonyl (C=O) groups is 2. The number of aryl methyl sites for hydroxylation is 1. The number of anilines is 1. The van der Waals surface area contributed by atoms with Crippen molar-refractivity contribution in [2.45, 2.75) is 19.4 Å². The van der Waals surface area contributed by atoms with Gasteiger partial charge in [-0.2, -0.15) is 5.10 Å². The Balaban J connectivity index is 2.10. The van der Waals surface area contributed by atoms with Crippen molar-refractivity contribution < 1.29 is 14.3 Å². The first kappa shape index (κ1) is 17.3. The second-order valence-corrected chi connectivity index (χ2v) is 5.22. The van der Waals surface area contributed by atoms with Crippen molar-refractivity contribution in [2.24, 2.45) is 12.8 Å². The van der Waals surface area contributed by atoms with Gasteiger partial charge in [0.1, 0.15) is 5.75 Å². The molecule has 8 heteroatoms. The molecule has 1 heterocycles. The Morgan fingerprint density at radius 2 is 2.12 bits per heavy atom. The van der Waals surface area contributed by atoms with Crippen LogP contribution in [-0.2, 0) is 7.05 Å². The Kier molecular flexibility index (Phi) is 5.41. The van der Waals surface area contributed by atoms with E-state index in [0.29, 0.717) is 17.9 Å². The Labute approximate surface area is 140 Å². The van der Waals surface area contributed by atoms with E-state index < -0.39 is 5.91 Å². The van der Waals surface area contributed by atoms with Crippen molar-refractivity contribution in [2.75, 3.05) is 12.4 Å². The van der Waals surface area contributed by atoms with Gasteiger partial charge < -0.3 is 21.1 Å². The Morgan fingerprint density at radius 1 is 1.38 bits per heavy atom. The predicted octanol–water partition coefficient (Wildman–Crippen LogP) is 1.80. The van der Waals surface area contributed by atoms with Crippen LogP contribution in [0.2, 0.25) is 0 Å². The molecule has 2 aromatic rings. The van der Waals surface area contributed by atoms with Crippen LogP contribution < -0.4 is 21.1 Å². The molecule has 0 spiro atoms. The number of rotatable bonds is 6. The van der Waals surface area contributed by atoms with Crippen LogP contribution in [0.5, 0.6) is 5.75 Å². The third-order valence-electron chi connectivity index (χ3n) is 3.65. The summed E-state index contributed by atoms with van der Waals surface area (Å²) in [6.45, 7) is 1.97. The zero-order valence-electron chi connectivity index (χ0n) is 13.9. The summed E-state index contributed by atoms with van der Waals surface area (Å²) in [6.07, 6.45) is 2.39. The van der Waals surface area contributed by atoms with Gasteiger partial charge in [0.15, 0.2) is 0 Å². The van der Waals surface area contributed by atoms with Gasteiger partial charge in [0.25, 0.3) is 5.91 Å². The smallest absolute Gasteiger partial charge is 0.319 e. The summed E-state index contributed by atoms with van der Waals surface area (Å²) in [5.74, 6) is -0.271. The molecule has 1 aromatic heterocycles. The molecule has 0 saturated heterocycles. The third kappa shape index (κ3) is 3.83. The molecule has 0 unspecified atom stereocenters. The fourth-order valence-corrected chi connectivity index (χ4v) is 2.41. The third-order valence-corrected chi connectivity index (χ3v) is 3.65. The number of ether oxygens (including phenoxy) is 1. The van der Waals surface area contributed by atoms with Gasteiger partial charge >= 0.3 is 6.03 Å². The van der Waals surface area contributed by atoms with Crippen molar-refractivity contribution in [1.29, 1.82) is 0 Å². The highest BCUT2D eigenvalue weighted by Gasteiger charge is 2.16. The van der Waals surface area contributed by atoms with Crippen LogP contribution in [0.3, 0.4) is 0 Å². The number of primary amides is 1. The summed E-state index contributed by atoms with van der Waals surface area (Å²) in [5, 5.41) is 9.68. The number of nitrogens with two attached hydrogens (primary N) is 1. The number of methoxy groups -OCH3 is 1. The average molecular weight is 331 g/mol. The molecule has 0 saturated carbocycles. The summed E-state index contributed by atoms with van der Waals surface area (Å²) in [4.78, 5) is 23.7. The van der Waals surface area contributed by atoms with E-state index >= 15 is 0 Å². The van der Waals surface area contributed by atoms with Crippen LogP contribution >= 0.6 is 0 Å². The van der Waals surface area contributed by atoms with E-state index in [2.05, 4.69) is 15.7 Å². The molecule has 24 heavy (non-hydrogen) atoms. The van der Waals surface area contributed by atoms with Gasteiger partial charge in [0.2, 0.25) is 0 Å². The SMILES string of the molecule is CC[C@@H](NC(=O)Nc1ccc(OC)c(C(N)=O)c1)c1ccnn1C. The summed E-state index contributed by atoms with van der Waals surface area (Å²) in [5.41, 5.74) is 6.87. The second kappa shape index (κ2) is 7.49. The summed E-state index contributed by atoms with van der Waals surface area (Å²) < 4.78 is 6.79. The lowest BCUT2D eigenvalue weighted by Gasteiger charge is -2.18. The molecule has 0 fully saturated rings. The van der Waals surface area contributed by atoms with Crippen LogP contribution in [0.1, 0.15) is 35.4 Å². The lowest BCUT2D eigenvalue weighted by molar-refractivity contribution is 0.0997. The van der Waals surface area contributed by atoms with E-state index in [0.717, 1.165) is 5.69 Å². The van der Waals surface area contributed by atoms with E-state index in [9.17, 15) is 9.59 Å². The van der Waals surface area contributed by atoms with Gasteiger partial charge in [0.05, 0.1) is 24.4 Å². The van der Waals surface area contributed by atoms with Gasteiger partial charge in [-0.25, -0.2) is 4.79 Å². The van der Waals surface area contributed by atoms with Crippen molar-refractivity contribution in [3.8, 4) is 5.75 Å². The summed E-state index contributed by atoms with van der Waals surface area (Å²) >= 11 is 0. The van der Waals surface area contributed by atoms with Gasteiger partial charge in [-0.05, 0) is 30.7 Å². The maximum absolute atomic E-state index is 12.2. The first-order chi connectivity index (χ1) is 11.5. The lowest BCUT2D eigenvalue weighted by Crippen LogP contribution is -2.33. The fraction of sp³-hybridized carbons (Fsp3) is 0.312. The lowest BCUT2D eigenvalue weighted by atomic mass is 10.1. The van der Waals surface area contributed by atoms with E-state index in [1.54, 1.807) is 23.0 Å². The molecule has 1 atom stereocenters. The molecule has 128 valence electrons. The maximum Gasteiger partial charge on any atom is 0.319 e. The van der Waals surface area contributed by atoms with Crippen molar-refractivity contribution in [3.63, 3.8) is 0 Å². The number of hydrogen-bond acceptors (Lipinski definition) is 4. The number of amides is 3. The molecule has 3 amide bonds. The van der Waals surface area contributed by atoms with Crippen LogP contribution in [0.4, 0.5) is 10.5 Å². The van der Waals surface area contributed by atoms with Crippen LogP contribution in [0.15, 0.2) is 30.5 Å². The minimum absolute atomic E-state index is 0.175. The first-order valence-electron chi connectivity index (χ1n) is 7.49. The zero-order valence-corrected chi connectivity index (χ0v) is 13.9. The average Bonchev–Trinajstić information content (AvgIpc) is 2.98. The van der Waals surface area contributed by atoms with Crippen molar-refractivity contribution in [3.05, 3.63) is 41.7 Å². The molecule has 0 aliphatic rings. The summed E-state index contributed by atoms with van der Waals surface area (Å²) in [6, 6.07) is 5.98. The number of hydrogen-bond donors (Lipinski definition) is 3. The zero-order chi connectivity index (χ0) is 17.7. The van der Waals surface area contributed by atoms with E-state index in [1.807, 2.05) is 20.0 Å². The number of urea groups is 1. The Morgan fingerprint density at radius 3 is 2.67 bits per heavy atom. The van der Waals surface area contributed by atoms with E-state index in [4.69, 9.17) is 10.5 Å². The topological polar surface area (TPSA) is 111 Å². The molecule has 1 aromatic carbocycles. The largest absolute Gasteiger partial charge is 0.496 e. The van der Waals surface area contributed by atoms with Crippen molar-refractivity contribution >= 4 is 17.6 Å². The normalized spacial score (nSPS) is 11.6. The Hall–Kier alpha value is -3.03. The van der Waals surface area contributed by atoms with E-state index in [-0.39, 0.29) is 17.6 Å². The molecular formula is C16H21N5O3. The molecule has 0 radical (unpaired) electrons. The highest BCUT2D eigenvalue weighted by Crippen LogP contribution is 2.22. The predicted molar refractivity (Wildman–Crippen MR) is 89.9 cm³/mol. The molecule has 2 rings (SSSR count). The number of carbonyl (C=O) groups excluding carboxylic acids is 2. The number of nitrogens with zero attached hydrogens (tertiary/aromatic N) is 2. The quantitative estimate of drug-likeness (QED) is 0.749. The molecule has 4 N–H and O–H groups in total. The van der Waals surface area contributed by atoms with Gasteiger partial charge in [-0.3, -0.25) is 9.48 Å². The molecule has 8 nitrogen and oxygen atoms in total. The van der Waals surface area contributed by atoms with Gasteiger partial charge in [0, 0.05) is 18.9 Å². The fourth-order valence-electron chi connectivity index (χ4n) is 2.41. The molecule has 0 bridgehead atoms. The monoisotopic (exact) mass is 331 g/mol. The minimum Gasteiger partial charge on any atom is -0.496 e. The number of benzene rings is 1. The summed E-state index contributed by atoms with van der Waals surface area (Å²) in [7, 11) is 3.27. The Bertz CT molecular complexity index is 741. The standard InChI is InChI=1S/C16H21N5O3/c1-4-12(13-7-8-18-21(13)2)20-16(23)19-10-5-6-14(24-3)11(9-10)15(17)22/h5-9,12H,4H2,1-3H3,(H2,17,22)(H2,19,20,23)/t12-/m1/s1. The van der Waals surface area contributed by atoms with E-state index in [1.165, 1.54) is 13.2 Å². The van der Waals surface area contributed by atoms with Crippen LogP contribution in [-0.4, -0.2) is 28.8 Å². The maximum atomic E-state index is 12.2. The highest BCUT2D eigenvalue weighted by atomic mass is 16.5. The van der Waals surface area contributed by atoms with Gasteiger partial charge in [-0.1, -0.05) is 6.92 Å².